The average molecular weight is 598 g/mol. The number of hydrogen-bond donors (Lipinski definition) is 0. The van der Waals surface area contributed by atoms with E-state index in [2.05, 4.69) is 50.9 Å². The number of carbonyl (C=O) groups excluding carboxylic acids is 2. The average Bonchev–Trinajstić information content (AvgIpc) is 3.06. The fourth-order valence-electron chi connectivity index (χ4n) is 6.63. The van der Waals surface area contributed by atoms with Gasteiger partial charge < -0.3 is 23.6 Å². The molecule has 1 saturated carbocycles. The van der Waals surface area contributed by atoms with E-state index in [1.807, 2.05) is 18.2 Å². The highest BCUT2D eigenvalue weighted by Crippen LogP contribution is 2.47. The largest absolute Gasteiger partial charge is 0.490 e. The lowest BCUT2D eigenvalue weighted by Gasteiger charge is -2.47. The number of fused-ring (bicyclic) bond motifs is 3. The first-order valence-corrected chi connectivity index (χ1v) is 18.2. The smallest absolute Gasteiger partial charge is 0.337 e. The first kappa shape index (κ1) is 30.1. The van der Waals surface area contributed by atoms with E-state index in [4.69, 9.17) is 25.5 Å². The Morgan fingerprint density at radius 1 is 1.22 bits per heavy atom. The summed E-state index contributed by atoms with van der Waals surface area (Å²) in [5.41, 5.74) is 3.80. The highest BCUT2D eigenvalue weighted by atomic mass is 35.5. The van der Waals surface area contributed by atoms with E-state index >= 15 is 0 Å². The van der Waals surface area contributed by atoms with Crippen molar-refractivity contribution in [3.63, 3.8) is 0 Å². The summed E-state index contributed by atoms with van der Waals surface area (Å²) in [5, 5.41) is 0.792. The van der Waals surface area contributed by atoms with Gasteiger partial charge in [-0.1, -0.05) is 38.4 Å². The third kappa shape index (κ3) is 5.82. The molecular formula is C33H44ClNO5Si. The third-order valence-electron chi connectivity index (χ3n) is 10.2. The van der Waals surface area contributed by atoms with Crippen molar-refractivity contribution in [1.29, 1.82) is 0 Å². The molecule has 2 aliphatic carbocycles. The molecule has 0 radical (unpaired) electrons. The molecule has 1 unspecified atom stereocenters. The van der Waals surface area contributed by atoms with Crippen LogP contribution >= 0.6 is 11.6 Å². The first-order valence-electron chi connectivity index (χ1n) is 14.9. The van der Waals surface area contributed by atoms with Gasteiger partial charge in [0.05, 0.1) is 25.0 Å². The number of halogens is 1. The van der Waals surface area contributed by atoms with Crippen molar-refractivity contribution < 1.29 is 23.5 Å². The van der Waals surface area contributed by atoms with Gasteiger partial charge in [-0.3, -0.25) is 0 Å². The van der Waals surface area contributed by atoms with Gasteiger partial charge in [0.2, 0.25) is 0 Å². The van der Waals surface area contributed by atoms with Crippen molar-refractivity contribution in [3.05, 3.63) is 58.1 Å². The number of benzene rings is 2. The molecule has 1 heterocycles. The summed E-state index contributed by atoms with van der Waals surface area (Å²) < 4.78 is 18.3. The molecule has 41 heavy (non-hydrogen) atoms. The fourth-order valence-corrected chi connectivity index (χ4v) is 8.09. The normalized spacial score (nSPS) is 24.8. The second-order valence-electron chi connectivity index (χ2n) is 13.8. The molecule has 0 amide bonds. The Bertz CT molecular complexity index is 1310. The number of aldehydes is 1. The number of aryl methyl sites for hydroxylation is 1. The van der Waals surface area contributed by atoms with Crippen LogP contribution in [0.1, 0.15) is 67.9 Å². The zero-order chi connectivity index (χ0) is 29.6. The molecule has 1 spiro atoms. The predicted molar refractivity (Wildman–Crippen MR) is 166 cm³/mol. The van der Waals surface area contributed by atoms with Crippen LogP contribution in [-0.4, -0.2) is 53.5 Å². The standard InChI is InChI=1S/C33H44ClNO5Si/c1-32(2,3)41(5,6)40-30(19-36)26-12-9-24(26)18-35-20-33(15-7-8-22-16-25(34)11-13-27(22)33)21-39-29-14-10-23(17-28(29)35)31(37)38-4/h10-11,13-14,16-17,19,24,26,30H,7-9,12,15,18,20-21H2,1-6H3/t24-,26+,30?,33-/m0/s1. The minimum atomic E-state index is -2.11. The van der Waals surface area contributed by atoms with Gasteiger partial charge in [0.1, 0.15) is 18.1 Å². The molecule has 1 fully saturated rings. The summed E-state index contributed by atoms with van der Waals surface area (Å²) in [6, 6.07) is 11.8. The van der Waals surface area contributed by atoms with E-state index in [0.717, 1.165) is 67.9 Å². The Morgan fingerprint density at radius 2 is 2.00 bits per heavy atom. The maximum atomic E-state index is 12.5. The van der Waals surface area contributed by atoms with E-state index in [1.165, 1.54) is 18.2 Å². The van der Waals surface area contributed by atoms with Crippen molar-refractivity contribution in [2.75, 3.05) is 31.7 Å². The lowest BCUT2D eigenvalue weighted by atomic mass is 9.68. The molecule has 1 aliphatic heterocycles. The number of esters is 1. The van der Waals surface area contributed by atoms with E-state index in [-0.39, 0.29) is 22.3 Å². The van der Waals surface area contributed by atoms with Crippen LogP contribution < -0.4 is 9.64 Å². The summed E-state index contributed by atoms with van der Waals surface area (Å²) in [7, 11) is -0.704. The highest BCUT2D eigenvalue weighted by Gasteiger charge is 2.47. The maximum Gasteiger partial charge on any atom is 0.337 e. The number of hydrogen-bond acceptors (Lipinski definition) is 6. The van der Waals surface area contributed by atoms with Gasteiger partial charge in [0, 0.05) is 23.5 Å². The Hall–Kier alpha value is -2.35. The molecule has 0 aromatic heterocycles. The molecule has 8 heteroatoms. The molecule has 4 atom stereocenters. The van der Waals surface area contributed by atoms with Crippen molar-refractivity contribution in [2.45, 2.75) is 82.5 Å². The van der Waals surface area contributed by atoms with Crippen LogP contribution in [0.4, 0.5) is 5.69 Å². The van der Waals surface area contributed by atoms with Gasteiger partial charge in [-0.2, -0.15) is 0 Å². The van der Waals surface area contributed by atoms with E-state index in [0.29, 0.717) is 18.1 Å². The van der Waals surface area contributed by atoms with Crippen LogP contribution in [0.25, 0.3) is 0 Å². The quantitative estimate of drug-likeness (QED) is 0.191. The van der Waals surface area contributed by atoms with Crippen molar-refractivity contribution in [2.24, 2.45) is 11.8 Å². The molecule has 6 nitrogen and oxygen atoms in total. The van der Waals surface area contributed by atoms with Crippen molar-refractivity contribution in [3.8, 4) is 5.75 Å². The molecule has 5 rings (SSSR count). The molecule has 0 saturated heterocycles. The topological polar surface area (TPSA) is 65.1 Å². The fraction of sp³-hybridized carbons (Fsp3) is 0.576. The van der Waals surface area contributed by atoms with Crippen LogP contribution in [-0.2, 0) is 25.8 Å². The molecular weight excluding hydrogens is 554 g/mol. The lowest BCUT2D eigenvalue weighted by molar-refractivity contribution is -0.119. The summed E-state index contributed by atoms with van der Waals surface area (Å²) in [6.07, 6.45) is 5.74. The van der Waals surface area contributed by atoms with Gasteiger partial charge in [0.25, 0.3) is 0 Å². The van der Waals surface area contributed by atoms with Crippen molar-refractivity contribution in [1.82, 2.24) is 0 Å². The Balaban J connectivity index is 1.49. The summed E-state index contributed by atoms with van der Waals surface area (Å²) >= 11 is 6.40. The second-order valence-corrected chi connectivity index (χ2v) is 19.0. The van der Waals surface area contributed by atoms with Gasteiger partial charge in [-0.25, -0.2) is 4.79 Å². The monoisotopic (exact) mass is 597 g/mol. The van der Waals surface area contributed by atoms with Crippen LogP contribution in [0.15, 0.2) is 36.4 Å². The molecule has 0 N–H and O–H groups in total. The summed E-state index contributed by atoms with van der Waals surface area (Å²) in [5.74, 6) is 0.880. The van der Waals surface area contributed by atoms with Gasteiger partial charge in [-0.15, -0.1) is 0 Å². The number of ether oxygens (including phenoxy) is 2. The zero-order valence-electron chi connectivity index (χ0n) is 25.3. The van der Waals surface area contributed by atoms with Crippen LogP contribution in [0.2, 0.25) is 23.2 Å². The lowest BCUT2D eigenvalue weighted by Crippen LogP contribution is -2.52. The van der Waals surface area contributed by atoms with Crippen LogP contribution in [0, 0.1) is 11.8 Å². The summed E-state index contributed by atoms with van der Waals surface area (Å²) in [4.78, 5) is 27.3. The summed E-state index contributed by atoms with van der Waals surface area (Å²) in [6.45, 7) is 13.1. The Labute approximate surface area is 250 Å². The molecule has 3 aliphatic rings. The second kappa shape index (κ2) is 11.4. The zero-order valence-corrected chi connectivity index (χ0v) is 27.1. The predicted octanol–water partition coefficient (Wildman–Crippen LogP) is 7.22. The van der Waals surface area contributed by atoms with Crippen molar-refractivity contribution >= 4 is 37.9 Å². The molecule has 2 aromatic carbocycles. The number of anilines is 1. The van der Waals surface area contributed by atoms with Crippen LogP contribution in [0.5, 0.6) is 5.75 Å². The number of carbonyl (C=O) groups is 2. The first-order chi connectivity index (χ1) is 19.4. The number of methoxy groups -OCH3 is 1. The molecule has 2 aromatic rings. The van der Waals surface area contributed by atoms with E-state index in [1.54, 1.807) is 6.07 Å². The van der Waals surface area contributed by atoms with Gasteiger partial charge in [0.15, 0.2) is 8.32 Å². The SMILES string of the molecule is COC(=O)c1ccc2c(c1)N(C[C@@H]1CC[C@H]1C(C=O)O[Si](C)(C)C(C)(C)C)C[C@@]1(CCCc3cc(Cl)ccc31)CO2. The number of nitrogens with zero attached hydrogens (tertiary/aromatic N) is 1. The van der Waals surface area contributed by atoms with E-state index < -0.39 is 14.4 Å². The third-order valence-corrected chi connectivity index (χ3v) is 14.9. The highest BCUT2D eigenvalue weighted by molar-refractivity contribution is 6.74. The van der Waals surface area contributed by atoms with Crippen LogP contribution in [0.3, 0.4) is 0 Å². The minimum absolute atomic E-state index is 0.0303. The minimum Gasteiger partial charge on any atom is -0.490 e. The van der Waals surface area contributed by atoms with Gasteiger partial charge >= 0.3 is 5.97 Å². The number of rotatable bonds is 7. The Kier molecular flexibility index (Phi) is 8.36. The van der Waals surface area contributed by atoms with E-state index in [9.17, 15) is 9.59 Å². The Morgan fingerprint density at radius 3 is 2.66 bits per heavy atom. The van der Waals surface area contributed by atoms with Gasteiger partial charge in [-0.05, 0) is 104 Å². The molecule has 222 valence electrons. The molecule has 0 bridgehead atoms. The maximum absolute atomic E-state index is 12.5.